The highest BCUT2D eigenvalue weighted by Gasteiger charge is 2.17. The van der Waals surface area contributed by atoms with Gasteiger partial charge in [0.2, 0.25) is 0 Å². The molecule has 4 nitrogen and oxygen atoms in total. The molecule has 0 aromatic carbocycles. The van der Waals surface area contributed by atoms with Gasteiger partial charge in [-0.15, -0.1) is 11.3 Å². The molecule has 0 atom stereocenters. The quantitative estimate of drug-likeness (QED) is 0.922. The van der Waals surface area contributed by atoms with Gasteiger partial charge in [-0.05, 0) is 40.2 Å². The van der Waals surface area contributed by atoms with Crippen molar-refractivity contribution in [2.75, 3.05) is 36.8 Å². The van der Waals surface area contributed by atoms with Crippen molar-refractivity contribution in [3.05, 3.63) is 39.1 Å². The largest absolute Gasteiger partial charge is 0.384 e. The molecule has 2 N–H and O–H groups in total. The van der Waals surface area contributed by atoms with E-state index in [4.69, 9.17) is 5.73 Å². The average molecular weight is 353 g/mol. The predicted molar refractivity (Wildman–Crippen MR) is 88.2 cm³/mol. The van der Waals surface area contributed by atoms with Crippen molar-refractivity contribution >= 4 is 38.8 Å². The van der Waals surface area contributed by atoms with Crippen LogP contribution in [0.1, 0.15) is 4.88 Å². The first-order chi connectivity index (χ1) is 9.70. The predicted octanol–water partition coefficient (Wildman–Crippen LogP) is 2.81. The second kappa shape index (κ2) is 6.11. The molecule has 0 amide bonds. The van der Waals surface area contributed by atoms with Gasteiger partial charge in [-0.25, -0.2) is 4.98 Å². The molecule has 6 heteroatoms. The monoisotopic (exact) mass is 352 g/mol. The zero-order valence-corrected chi connectivity index (χ0v) is 13.5. The summed E-state index contributed by atoms with van der Waals surface area (Å²) >= 11 is 5.34. The van der Waals surface area contributed by atoms with Crippen LogP contribution in [0, 0.1) is 0 Å². The van der Waals surface area contributed by atoms with Crippen LogP contribution in [0.25, 0.3) is 0 Å². The highest BCUT2D eigenvalue weighted by Crippen LogP contribution is 2.24. The first kappa shape index (κ1) is 13.9. The first-order valence-corrected chi connectivity index (χ1v) is 8.25. The van der Waals surface area contributed by atoms with Crippen LogP contribution in [-0.2, 0) is 6.54 Å². The third kappa shape index (κ3) is 3.31. The lowest BCUT2D eigenvalue weighted by atomic mass is 10.2. The molecule has 0 unspecified atom stereocenters. The molecule has 2 aromatic rings. The summed E-state index contributed by atoms with van der Waals surface area (Å²) in [7, 11) is 0. The molecular formula is C14H17BrN4S. The summed E-state index contributed by atoms with van der Waals surface area (Å²) in [6.45, 7) is 5.29. The molecule has 0 bridgehead atoms. The molecule has 1 saturated heterocycles. The second-order valence-electron chi connectivity index (χ2n) is 4.91. The number of rotatable bonds is 3. The summed E-state index contributed by atoms with van der Waals surface area (Å²) in [5, 5.41) is 0. The number of anilines is 2. The fourth-order valence-corrected chi connectivity index (χ4v) is 3.93. The van der Waals surface area contributed by atoms with Gasteiger partial charge in [0, 0.05) is 37.6 Å². The lowest BCUT2D eigenvalue weighted by Crippen LogP contribution is -2.45. The van der Waals surface area contributed by atoms with E-state index >= 15 is 0 Å². The Morgan fingerprint density at radius 2 is 1.95 bits per heavy atom. The Morgan fingerprint density at radius 1 is 1.15 bits per heavy atom. The van der Waals surface area contributed by atoms with Gasteiger partial charge < -0.3 is 10.6 Å². The van der Waals surface area contributed by atoms with E-state index < -0.39 is 0 Å². The molecule has 3 heterocycles. The van der Waals surface area contributed by atoms with Crippen molar-refractivity contribution in [1.29, 1.82) is 0 Å². The molecule has 1 fully saturated rings. The fraction of sp³-hybridized carbons (Fsp3) is 0.357. The second-order valence-corrected chi connectivity index (χ2v) is 7.46. The number of nitrogens with two attached hydrogens (primary N) is 1. The van der Waals surface area contributed by atoms with Crippen LogP contribution in [0.5, 0.6) is 0 Å². The minimum atomic E-state index is 0.579. The van der Waals surface area contributed by atoms with Crippen LogP contribution < -0.4 is 10.6 Å². The normalized spacial score (nSPS) is 16.6. The molecule has 20 heavy (non-hydrogen) atoms. The number of piperazine rings is 1. The third-order valence-corrected chi connectivity index (χ3v) is 5.12. The van der Waals surface area contributed by atoms with E-state index in [0.29, 0.717) is 5.82 Å². The molecule has 2 aromatic heterocycles. The van der Waals surface area contributed by atoms with Gasteiger partial charge in [-0.2, -0.15) is 0 Å². The van der Waals surface area contributed by atoms with Crippen molar-refractivity contribution in [2.24, 2.45) is 0 Å². The molecule has 0 saturated carbocycles. The standard InChI is InChI=1S/C14H17BrN4S/c15-13-3-2-12(20-13)10-18-5-7-19(8-6-18)11-1-4-14(16)17-9-11/h1-4,9H,5-8,10H2,(H2,16,17). The smallest absolute Gasteiger partial charge is 0.123 e. The van der Waals surface area contributed by atoms with Crippen molar-refractivity contribution < 1.29 is 0 Å². The van der Waals surface area contributed by atoms with Gasteiger partial charge in [0.25, 0.3) is 0 Å². The summed E-state index contributed by atoms with van der Waals surface area (Å²) in [5.41, 5.74) is 6.79. The maximum absolute atomic E-state index is 5.63. The van der Waals surface area contributed by atoms with Crippen molar-refractivity contribution in [1.82, 2.24) is 9.88 Å². The minimum Gasteiger partial charge on any atom is -0.384 e. The molecule has 0 aliphatic carbocycles. The highest BCUT2D eigenvalue weighted by atomic mass is 79.9. The zero-order valence-electron chi connectivity index (χ0n) is 11.1. The molecule has 0 radical (unpaired) electrons. The van der Waals surface area contributed by atoms with Crippen LogP contribution in [0.3, 0.4) is 0 Å². The molecule has 3 rings (SSSR count). The maximum Gasteiger partial charge on any atom is 0.123 e. The van der Waals surface area contributed by atoms with Crippen LogP contribution >= 0.6 is 27.3 Å². The molecule has 106 valence electrons. The Morgan fingerprint density at radius 3 is 2.55 bits per heavy atom. The summed E-state index contributed by atoms with van der Waals surface area (Å²) in [4.78, 5) is 10.4. The Labute approximate surface area is 131 Å². The third-order valence-electron chi connectivity index (χ3n) is 3.52. The number of hydrogen-bond acceptors (Lipinski definition) is 5. The molecule has 0 spiro atoms. The SMILES string of the molecule is Nc1ccc(N2CCN(Cc3ccc(Br)s3)CC2)cn1. The molecular weight excluding hydrogens is 336 g/mol. The first-order valence-electron chi connectivity index (χ1n) is 6.64. The minimum absolute atomic E-state index is 0.579. The van der Waals surface area contributed by atoms with Crippen LogP contribution in [-0.4, -0.2) is 36.1 Å². The number of nitrogen functional groups attached to an aromatic ring is 1. The van der Waals surface area contributed by atoms with Crippen molar-refractivity contribution in [2.45, 2.75) is 6.54 Å². The molecule has 1 aliphatic rings. The zero-order chi connectivity index (χ0) is 13.9. The van der Waals surface area contributed by atoms with E-state index in [9.17, 15) is 0 Å². The number of halogens is 1. The van der Waals surface area contributed by atoms with Gasteiger partial charge in [0.15, 0.2) is 0 Å². The lowest BCUT2D eigenvalue weighted by molar-refractivity contribution is 0.252. The van der Waals surface area contributed by atoms with E-state index in [1.807, 2.05) is 29.7 Å². The van der Waals surface area contributed by atoms with E-state index in [1.54, 1.807) is 0 Å². The Kier molecular flexibility index (Phi) is 4.24. The van der Waals surface area contributed by atoms with Crippen LogP contribution in [0.2, 0.25) is 0 Å². The van der Waals surface area contributed by atoms with Crippen molar-refractivity contribution in [3.63, 3.8) is 0 Å². The Balaban J connectivity index is 1.55. The number of nitrogens with zero attached hydrogens (tertiary/aromatic N) is 3. The Hall–Kier alpha value is -1.11. The Bertz CT molecular complexity index is 561. The fourth-order valence-electron chi connectivity index (χ4n) is 2.41. The topological polar surface area (TPSA) is 45.4 Å². The van der Waals surface area contributed by atoms with E-state index in [-0.39, 0.29) is 0 Å². The van der Waals surface area contributed by atoms with Crippen LogP contribution in [0.15, 0.2) is 34.2 Å². The van der Waals surface area contributed by atoms with E-state index in [0.717, 1.165) is 38.4 Å². The van der Waals surface area contributed by atoms with E-state index in [1.165, 1.54) is 8.66 Å². The maximum atomic E-state index is 5.63. The highest BCUT2D eigenvalue weighted by molar-refractivity contribution is 9.11. The van der Waals surface area contributed by atoms with Gasteiger partial charge in [-0.3, -0.25) is 4.90 Å². The van der Waals surface area contributed by atoms with Crippen molar-refractivity contribution in [3.8, 4) is 0 Å². The molecule has 1 aliphatic heterocycles. The number of pyridine rings is 1. The lowest BCUT2D eigenvalue weighted by Gasteiger charge is -2.35. The summed E-state index contributed by atoms with van der Waals surface area (Å²) in [6, 6.07) is 8.24. The van der Waals surface area contributed by atoms with Gasteiger partial charge in [-0.1, -0.05) is 0 Å². The van der Waals surface area contributed by atoms with E-state index in [2.05, 4.69) is 42.8 Å². The number of hydrogen-bond donors (Lipinski definition) is 1. The number of aromatic nitrogens is 1. The summed E-state index contributed by atoms with van der Waals surface area (Å²) < 4.78 is 1.21. The van der Waals surface area contributed by atoms with Gasteiger partial charge in [0.05, 0.1) is 15.7 Å². The average Bonchev–Trinajstić information content (AvgIpc) is 2.86. The number of thiophene rings is 1. The van der Waals surface area contributed by atoms with Gasteiger partial charge >= 0.3 is 0 Å². The van der Waals surface area contributed by atoms with Gasteiger partial charge in [0.1, 0.15) is 5.82 Å². The summed E-state index contributed by atoms with van der Waals surface area (Å²) in [6.07, 6.45) is 1.86. The summed E-state index contributed by atoms with van der Waals surface area (Å²) in [5.74, 6) is 0.579. The van der Waals surface area contributed by atoms with Crippen LogP contribution in [0.4, 0.5) is 11.5 Å².